The number of aryl methyl sites for hydroxylation is 2. The second kappa shape index (κ2) is 7.97. The van der Waals surface area contributed by atoms with Crippen molar-refractivity contribution in [3.8, 4) is 11.3 Å². The van der Waals surface area contributed by atoms with Crippen LogP contribution in [0.15, 0.2) is 44.4 Å². The summed E-state index contributed by atoms with van der Waals surface area (Å²) in [6.45, 7) is 6.33. The summed E-state index contributed by atoms with van der Waals surface area (Å²) in [7, 11) is 0. The number of halogens is 3. The molecule has 3 aromatic rings. The molecule has 1 N–H and O–H groups in total. The van der Waals surface area contributed by atoms with Gasteiger partial charge in [0.2, 0.25) is 0 Å². The first-order valence-electron chi connectivity index (χ1n) is 11.3. The van der Waals surface area contributed by atoms with Gasteiger partial charge < -0.3 is 9.42 Å². The number of hydrogen-bond donors (Lipinski definition) is 1. The topological polar surface area (TPSA) is 84.1 Å². The predicted molar refractivity (Wildman–Crippen MR) is 119 cm³/mol. The zero-order valence-corrected chi connectivity index (χ0v) is 18.9. The Morgan fingerprint density at radius 1 is 1.18 bits per heavy atom. The summed E-state index contributed by atoms with van der Waals surface area (Å²) < 4.78 is 45.4. The molecule has 2 aromatic heterocycles. The van der Waals surface area contributed by atoms with Crippen molar-refractivity contribution in [3.05, 3.63) is 73.8 Å². The van der Waals surface area contributed by atoms with Crippen LogP contribution < -0.4 is 11.2 Å². The largest absolute Gasteiger partial charge is 0.416 e. The zero-order valence-electron chi connectivity index (χ0n) is 18.9. The number of nitrogens with zero attached hydrogens (tertiary/aromatic N) is 3. The SMILES string of the molecule is Cc1noc(C)c1-c1cc(=O)[nH]c(=O)n1CCCN1C[C@@H]2C[C@]2(c2ccc(C(F)(F)F)cc2)C1. The minimum absolute atomic E-state index is 0.0687. The first kappa shape index (κ1) is 22.6. The average Bonchev–Trinajstić information content (AvgIpc) is 3.17. The number of aromatic nitrogens is 3. The minimum atomic E-state index is -4.33. The fraction of sp³-hybridized carbons (Fsp3) is 0.458. The molecule has 34 heavy (non-hydrogen) atoms. The normalized spacial score (nSPS) is 22.2. The third-order valence-corrected chi connectivity index (χ3v) is 7.18. The van der Waals surface area contributed by atoms with Crippen molar-refractivity contribution in [1.82, 2.24) is 19.6 Å². The number of H-pyrrole nitrogens is 1. The van der Waals surface area contributed by atoms with Crippen LogP contribution in [0.25, 0.3) is 11.3 Å². The van der Waals surface area contributed by atoms with Crippen LogP contribution >= 0.6 is 0 Å². The average molecular weight is 474 g/mol. The third-order valence-electron chi connectivity index (χ3n) is 7.18. The Hall–Kier alpha value is -3.14. The Morgan fingerprint density at radius 2 is 1.91 bits per heavy atom. The van der Waals surface area contributed by atoms with Crippen LogP contribution in [-0.4, -0.2) is 39.2 Å². The van der Waals surface area contributed by atoms with E-state index in [4.69, 9.17) is 4.52 Å². The molecular formula is C24H25F3N4O3. The van der Waals surface area contributed by atoms with E-state index >= 15 is 0 Å². The van der Waals surface area contributed by atoms with E-state index in [1.54, 1.807) is 26.0 Å². The van der Waals surface area contributed by atoms with Gasteiger partial charge in [-0.05, 0) is 56.8 Å². The summed E-state index contributed by atoms with van der Waals surface area (Å²) in [4.78, 5) is 29.1. The summed E-state index contributed by atoms with van der Waals surface area (Å²) in [6, 6.07) is 6.95. The molecule has 2 atom stereocenters. The Balaban J connectivity index is 1.27. The Bertz CT molecular complexity index is 1320. The first-order chi connectivity index (χ1) is 16.1. The molecule has 10 heteroatoms. The fourth-order valence-electron chi connectivity index (χ4n) is 5.45. The Labute approximate surface area is 193 Å². The smallest absolute Gasteiger partial charge is 0.361 e. The van der Waals surface area contributed by atoms with E-state index < -0.39 is 23.0 Å². The highest BCUT2D eigenvalue weighted by Gasteiger charge is 2.60. The van der Waals surface area contributed by atoms with Crippen molar-refractivity contribution in [2.24, 2.45) is 5.92 Å². The Kier molecular flexibility index (Phi) is 5.31. The highest BCUT2D eigenvalue weighted by atomic mass is 19.4. The molecule has 3 heterocycles. The van der Waals surface area contributed by atoms with Crippen molar-refractivity contribution >= 4 is 0 Å². The van der Waals surface area contributed by atoms with Crippen LogP contribution in [0.4, 0.5) is 13.2 Å². The molecule has 7 nitrogen and oxygen atoms in total. The van der Waals surface area contributed by atoms with Crippen LogP contribution in [-0.2, 0) is 18.1 Å². The monoisotopic (exact) mass is 474 g/mol. The van der Waals surface area contributed by atoms with Gasteiger partial charge in [0.15, 0.2) is 0 Å². The van der Waals surface area contributed by atoms with E-state index in [0.717, 1.165) is 31.6 Å². The van der Waals surface area contributed by atoms with Crippen LogP contribution in [0.2, 0.25) is 0 Å². The number of aromatic amines is 1. The van der Waals surface area contributed by atoms with Crippen LogP contribution in [0.1, 0.15) is 35.4 Å². The highest BCUT2D eigenvalue weighted by Crippen LogP contribution is 2.59. The van der Waals surface area contributed by atoms with Gasteiger partial charge in [0.25, 0.3) is 5.56 Å². The van der Waals surface area contributed by atoms with E-state index in [1.807, 2.05) is 0 Å². The molecule has 0 unspecified atom stereocenters. The van der Waals surface area contributed by atoms with Crippen LogP contribution in [0, 0.1) is 19.8 Å². The van der Waals surface area contributed by atoms with Crippen molar-refractivity contribution in [2.45, 2.75) is 44.8 Å². The molecule has 5 rings (SSSR count). The molecule has 0 bridgehead atoms. The Morgan fingerprint density at radius 3 is 2.56 bits per heavy atom. The molecule has 1 aliphatic heterocycles. The van der Waals surface area contributed by atoms with E-state index in [0.29, 0.717) is 41.6 Å². The number of fused-ring (bicyclic) bond motifs is 1. The molecular weight excluding hydrogens is 449 g/mol. The number of nitrogens with one attached hydrogen (secondary N) is 1. The summed E-state index contributed by atoms with van der Waals surface area (Å²) in [5.41, 5.74) is 1.05. The van der Waals surface area contributed by atoms with E-state index in [-0.39, 0.29) is 5.41 Å². The van der Waals surface area contributed by atoms with Gasteiger partial charge in [0.05, 0.1) is 22.5 Å². The van der Waals surface area contributed by atoms with Gasteiger partial charge in [0, 0.05) is 31.1 Å². The van der Waals surface area contributed by atoms with Gasteiger partial charge in [-0.2, -0.15) is 13.2 Å². The molecule has 0 radical (unpaired) electrons. The standard InChI is InChI=1S/C24H25F3N4O3/c1-14-21(15(2)34-29-14)19-10-20(32)28-22(33)31(19)9-3-8-30-12-18-11-23(18,13-30)16-4-6-17(7-5-16)24(25,26)27/h4-7,10,18H,3,8-9,11-13H2,1-2H3,(H,28,32,33)/t18-,23+/m0/s1. The van der Waals surface area contributed by atoms with Gasteiger partial charge in [-0.25, -0.2) is 4.79 Å². The maximum absolute atomic E-state index is 12.9. The van der Waals surface area contributed by atoms with Gasteiger partial charge in [0.1, 0.15) is 5.76 Å². The molecule has 2 aliphatic rings. The number of alkyl halides is 3. The maximum Gasteiger partial charge on any atom is 0.416 e. The van der Waals surface area contributed by atoms with Gasteiger partial charge in [-0.1, -0.05) is 17.3 Å². The zero-order chi connectivity index (χ0) is 24.3. The quantitative estimate of drug-likeness (QED) is 0.591. The fourth-order valence-corrected chi connectivity index (χ4v) is 5.45. The summed E-state index contributed by atoms with van der Waals surface area (Å²) in [5.74, 6) is 0.979. The van der Waals surface area contributed by atoms with Crippen LogP contribution in [0.3, 0.4) is 0 Å². The van der Waals surface area contributed by atoms with E-state index in [9.17, 15) is 22.8 Å². The molecule has 2 fully saturated rings. The first-order valence-corrected chi connectivity index (χ1v) is 11.3. The van der Waals surface area contributed by atoms with E-state index in [1.165, 1.54) is 22.8 Å². The minimum Gasteiger partial charge on any atom is -0.361 e. The van der Waals surface area contributed by atoms with Gasteiger partial charge in [-0.15, -0.1) is 0 Å². The number of rotatable bonds is 6. The predicted octanol–water partition coefficient (Wildman–Crippen LogP) is 3.49. The number of benzene rings is 1. The second-order valence-electron chi connectivity index (χ2n) is 9.40. The molecule has 0 amide bonds. The molecule has 180 valence electrons. The lowest BCUT2D eigenvalue weighted by molar-refractivity contribution is -0.137. The van der Waals surface area contributed by atoms with Gasteiger partial charge >= 0.3 is 11.9 Å². The third kappa shape index (κ3) is 3.89. The molecule has 1 aromatic carbocycles. The second-order valence-corrected chi connectivity index (χ2v) is 9.40. The van der Waals surface area contributed by atoms with Crippen molar-refractivity contribution in [2.75, 3.05) is 19.6 Å². The highest BCUT2D eigenvalue weighted by molar-refractivity contribution is 5.63. The maximum atomic E-state index is 12.9. The number of likely N-dealkylation sites (tertiary alicyclic amines) is 1. The lowest BCUT2D eigenvalue weighted by Gasteiger charge is -2.22. The van der Waals surface area contributed by atoms with Crippen LogP contribution in [0.5, 0.6) is 0 Å². The van der Waals surface area contributed by atoms with Crippen molar-refractivity contribution in [1.29, 1.82) is 0 Å². The molecule has 1 saturated heterocycles. The summed E-state index contributed by atoms with van der Waals surface area (Å²) in [5, 5.41) is 3.93. The molecule has 0 spiro atoms. The van der Waals surface area contributed by atoms with Crippen molar-refractivity contribution in [3.63, 3.8) is 0 Å². The summed E-state index contributed by atoms with van der Waals surface area (Å²) in [6.07, 6.45) is -2.66. The van der Waals surface area contributed by atoms with Crippen molar-refractivity contribution < 1.29 is 17.7 Å². The summed E-state index contributed by atoms with van der Waals surface area (Å²) >= 11 is 0. The number of piperidine rings is 1. The molecule has 1 saturated carbocycles. The lowest BCUT2D eigenvalue weighted by Crippen LogP contribution is -2.33. The molecule has 1 aliphatic carbocycles. The lowest BCUT2D eigenvalue weighted by atomic mass is 9.94. The number of hydrogen-bond acceptors (Lipinski definition) is 5. The van der Waals surface area contributed by atoms with Gasteiger partial charge in [-0.3, -0.25) is 14.3 Å². The van der Waals surface area contributed by atoms with E-state index in [2.05, 4.69) is 15.0 Å².